The third kappa shape index (κ3) is 3.03. The molecule has 1 aromatic heterocycles. The molecule has 0 radical (unpaired) electrons. The summed E-state index contributed by atoms with van der Waals surface area (Å²) in [6, 6.07) is 0.294. The van der Waals surface area contributed by atoms with Crippen LogP contribution < -0.4 is 5.32 Å². The molecule has 1 aliphatic rings. The van der Waals surface area contributed by atoms with Crippen LogP contribution >= 0.6 is 15.9 Å². The van der Waals surface area contributed by atoms with Gasteiger partial charge in [0.05, 0.1) is 28.0 Å². The second-order valence-corrected chi connectivity index (χ2v) is 6.10. The van der Waals surface area contributed by atoms with Crippen molar-refractivity contribution >= 4 is 15.9 Å². The highest BCUT2D eigenvalue weighted by Gasteiger charge is 2.40. The predicted octanol–water partition coefficient (Wildman–Crippen LogP) is 3.28. The standard InChI is InChI=1S/C14H24BrN3O/c1-4-16-12(9-14(19-3)7-6-8-14)13-11(15)10-17-18(13)5-2/h10,12,16H,4-9H2,1-3H3. The topological polar surface area (TPSA) is 39.1 Å². The number of aryl methyl sites for hydroxylation is 1. The van der Waals surface area contributed by atoms with Gasteiger partial charge in [0.25, 0.3) is 0 Å². The van der Waals surface area contributed by atoms with Gasteiger partial charge in [0.2, 0.25) is 0 Å². The van der Waals surface area contributed by atoms with Crippen LogP contribution in [0, 0.1) is 0 Å². The predicted molar refractivity (Wildman–Crippen MR) is 80.2 cm³/mol. The van der Waals surface area contributed by atoms with Crippen LogP contribution in [0.4, 0.5) is 0 Å². The molecule has 0 amide bonds. The van der Waals surface area contributed by atoms with Crippen molar-refractivity contribution in [2.75, 3.05) is 13.7 Å². The maximum Gasteiger partial charge on any atom is 0.0697 e. The van der Waals surface area contributed by atoms with Crippen molar-refractivity contribution < 1.29 is 4.74 Å². The van der Waals surface area contributed by atoms with Crippen molar-refractivity contribution in [1.29, 1.82) is 0 Å². The minimum absolute atomic E-state index is 0.0646. The molecule has 4 nitrogen and oxygen atoms in total. The summed E-state index contributed by atoms with van der Waals surface area (Å²) in [7, 11) is 1.84. The number of rotatable bonds is 7. The Kier molecular flexibility index (Phi) is 5.03. The van der Waals surface area contributed by atoms with Crippen molar-refractivity contribution in [3.8, 4) is 0 Å². The molecule has 1 heterocycles. The summed E-state index contributed by atoms with van der Waals surface area (Å²) >= 11 is 3.63. The van der Waals surface area contributed by atoms with Crippen LogP contribution in [-0.2, 0) is 11.3 Å². The SMILES string of the molecule is CCNC(CC1(OC)CCC1)c1c(Br)cnn1CC. The number of hydrogen-bond acceptors (Lipinski definition) is 3. The fourth-order valence-electron chi connectivity index (χ4n) is 2.92. The molecule has 1 aliphatic carbocycles. The Labute approximate surface area is 124 Å². The first-order valence-electron chi connectivity index (χ1n) is 7.15. The van der Waals surface area contributed by atoms with Gasteiger partial charge >= 0.3 is 0 Å². The molecular weight excluding hydrogens is 306 g/mol. The lowest BCUT2D eigenvalue weighted by Gasteiger charge is -2.43. The van der Waals surface area contributed by atoms with Crippen LogP contribution in [0.3, 0.4) is 0 Å². The molecule has 2 rings (SSSR count). The molecule has 1 atom stereocenters. The van der Waals surface area contributed by atoms with Crippen molar-refractivity contribution in [2.24, 2.45) is 0 Å². The first-order valence-corrected chi connectivity index (χ1v) is 7.95. The minimum atomic E-state index is 0.0646. The summed E-state index contributed by atoms with van der Waals surface area (Å²) in [5.74, 6) is 0. The van der Waals surface area contributed by atoms with Gasteiger partial charge in [-0.2, -0.15) is 5.10 Å². The van der Waals surface area contributed by atoms with E-state index >= 15 is 0 Å². The van der Waals surface area contributed by atoms with E-state index in [4.69, 9.17) is 4.74 Å². The van der Waals surface area contributed by atoms with Crippen LogP contribution in [0.1, 0.15) is 51.3 Å². The summed E-state index contributed by atoms with van der Waals surface area (Å²) in [4.78, 5) is 0. The average molecular weight is 330 g/mol. The van der Waals surface area contributed by atoms with Crippen LogP contribution in [0.2, 0.25) is 0 Å². The zero-order chi connectivity index (χ0) is 13.9. The normalized spacial score (nSPS) is 19.2. The highest BCUT2D eigenvalue weighted by atomic mass is 79.9. The van der Waals surface area contributed by atoms with Gasteiger partial charge in [0.1, 0.15) is 0 Å². The maximum absolute atomic E-state index is 5.78. The molecule has 1 aromatic rings. The summed E-state index contributed by atoms with van der Waals surface area (Å²) in [6.45, 7) is 6.11. The second kappa shape index (κ2) is 6.37. The third-order valence-electron chi connectivity index (χ3n) is 4.19. The van der Waals surface area contributed by atoms with Gasteiger partial charge < -0.3 is 10.1 Å². The summed E-state index contributed by atoms with van der Waals surface area (Å²) < 4.78 is 8.93. The number of nitrogens with zero attached hydrogens (tertiary/aromatic N) is 2. The molecular formula is C14H24BrN3O. The van der Waals surface area contributed by atoms with E-state index in [9.17, 15) is 0 Å². The minimum Gasteiger partial charge on any atom is -0.378 e. The Bertz CT molecular complexity index is 409. The largest absolute Gasteiger partial charge is 0.378 e. The number of ether oxygens (including phenoxy) is 1. The fourth-order valence-corrected chi connectivity index (χ4v) is 3.49. The van der Waals surface area contributed by atoms with E-state index in [0.717, 1.165) is 24.0 Å². The van der Waals surface area contributed by atoms with Crippen LogP contribution in [0.25, 0.3) is 0 Å². The lowest BCUT2D eigenvalue weighted by molar-refractivity contribution is -0.0842. The lowest BCUT2D eigenvalue weighted by atomic mass is 9.75. The number of nitrogens with one attached hydrogen (secondary N) is 1. The Balaban J connectivity index is 2.21. The second-order valence-electron chi connectivity index (χ2n) is 5.25. The Hall–Kier alpha value is -0.390. The maximum atomic E-state index is 5.78. The highest BCUT2D eigenvalue weighted by molar-refractivity contribution is 9.10. The van der Waals surface area contributed by atoms with Gasteiger partial charge in [0, 0.05) is 13.7 Å². The quantitative estimate of drug-likeness (QED) is 0.834. The molecule has 0 aromatic carbocycles. The van der Waals surface area contributed by atoms with Crippen molar-refractivity contribution in [2.45, 2.75) is 57.7 Å². The Morgan fingerprint density at radius 2 is 2.26 bits per heavy atom. The van der Waals surface area contributed by atoms with Gasteiger partial charge in [-0.25, -0.2) is 0 Å². The van der Waals surface area contributed by atoms with Gasteiger partial charge in [-0.15, -0.1) is 0 Å². The van der Waals surface area contributed by atoms with E-state index in [1.807, 2.05) is 13.3 Å². The van der Waals surface area contributed by atoms with E-state index in [1.165, 1.54) is 25.0 Å². The summed E-state index contributed by atoms with van der Waals surface area (Å²) in [6.07, 6.45) is 6.53. The first kappa shape index (κ1) is 15.0. The van der Waals surface area contributed by atoms with E-state index in [2.05, 4.69) is 44.9 Å². The number of halogens is 1. The van der Waals surface area contributed by atoms with E-state index in [1.54, 1.807) is 0 Å². The van der Waals surface area contributed by atoms with Crippen molar-refractivity contribution in [3.63, 3.8) is 0 Å². The molecule has 108 valence electrons. The lowest BCUT2D eigenvalue weighted by Crippen LogP contribution is -2.43. The van der Waals surface area contributed by atoms with E-state index < -0.39 is 0 Å². The van der Waals surface area contributed by atoms with Crippen molar-refractivity contribution in [3.05, 3.63) is 16.4 Å². The van der Waals surface area contributed by atoms with Crippen molar-refractivity contribution in [1.82, 2.24) is 15.1 Å². The van der Waals surface area contributed by atoms with E-state index in [-0.39, 0.29) is 5.60 Å². The number of aromatic nitrogens is 2. The Morgan fingerprint density at radius 1 is 1.53 bits per heavy atom. The molecule has 0 saturated heterocycles. The zero-order valence-electron chi connectivity index (χ0n) is 12.1. The molecule has 0 bridgehead atoms. The zero-order valence-corrected chi connectivity index (χ0v) is 13.7. The number of methoxy groups -OCH3 is 1. The average Bonchev–Trinajstić information content (AvgIpc) is 2.74. The van der Waals surface area contributed by atoms with Crippen LogP contribution in [0.5, 0.6) is 0 Å². The van der Waals surface area contributed by atoms with Crippen LogP contribution in [0.15, 0.2) is 10.7 Å². The van der Waals surface area contributed by atoms with E-state index in [0.29, 0.717) is 6.04 Å². The molecule has 1 saturated carbocycles. The molecule has 0 aliphatic heterocycles. The van der Waals surface area contributed by atoms with Gasteiger partial charge in [-0.05, 0) is 55.1 Å². The summed E-state index contributed by atoms with van der Waals surface area (Å²) in [5.41, 5.74) is 1.31. The number of hydrogen-bond donors (Lipinski definition) is 1. The monoisotopic (exact) mass is 329 g/mol. The molecule has 5 heteroatoms. The smallest absolute Gasteiger partial charge is 0.0697 e. The molecule has 19 heavy (non-hydrogen) atoms. The summed E-state index contributed by atoms with van der Waals surface area (Å²) in [5, 5.41) is 8.01. The van der Waals surface area contributed by atoms with Gasteiger partial charge in [-0.1, -0.05) is 6.92 Å². The molecule has 1 N–H and O–H groups in total. The Morgan fingerprint density at radius 3 is 2.74 bits per heavy atom. The molecule has 1 fully saturated rings. The third-order valence-corrected chi connectivity index (χ3v) is 4.80. The molecule has 1 unspecified atom stereocenters. The van der Waals surface area contributed by atoms with Crippen LogP contribution in [-0.4, -0.2) is 29.0 Å². The van der Waals surface area contributed by atoms with Gasteiger partial charge in [0.15, 0.2) is 0 Å². The molecule has 0 spiro atoms. The first-order chi connectivity index (χ1) is 9.15. The van der Waals surface area contributed by atoms with Gasteiger partial charge in [-0.3, -0.25) is 4.68 Å². The fraction of sp³-hybridized carbons (Fsp3) is 0.786. The highest BCUT2D eigenvalue weighted by Crippen LogP contribution is 2.42.